The van der Waals surface area contributed by atoms with Gasteiger partial charge in [0.15, 0.2) is 5.16 Å². The molecule has 29 heavy (non-hydrogen) atoms. The molecular formula is C21H30N4O3S. The third kappa shape index (κ3) is 7.64. The quantitative estimate of drug-likeness (QED) is 0.322. The molecular weight excluding hydrogens is 388 g/mol. The van der Waals surface area contributed by atoms with E-state index in [2.05, 4.69) is 27.1 Å². The summed E-state index contributed by atoms with van der Waals surface area (Å²) in [6.07, 6.45) is 1.05. The SMILES string of the molecule is CCCN(C)c1cc(COC)nc(SCc2ccc(C(=O)NCCOC)cc2)n1. The van der Waals surface area contributed by atoms with E-state index in [4.69, 9.17) is 9.47 Å². The Morgan fingerprint density at radius 1 is 1.17 bits per heavy atom. The minimum atomic E-state index is -0.0968. The van der Waals surface area contributed by atoms with Crippen molar-refractivity contribution in [1.29, 1.82) is 0 Å². The van der Waals surface area contributed by atoms with Crippen molar-refractivity contribution >= 4 is 23.5 Å². The highest BCUT2D eigenvalue weighted by Gasteiger charge is 2.10. The third-order valence-corrected chi connectivity index (χ3v) is 5.08. The number of hydrogen-bond acceptors (Lipinski definition) is 7. The van der Waals surface area contributed by atoms with Gasteiger partial charge in [-0.3, -0.25) is 4.79 Å². The Labute approximate surface area is 177 Å². The zero-order valence-electron chi connectivity index (χ0n) is 17.6. The lowest BCUT2D eigenvalue weighted by Gasteiger charge is -2.18. The van der Waals surface area contributed by atoms with Crippen molar-refractivity contribution in [3.8, 4) is 0 Å². The highest BCUT2D eigenvalue weighted by molar-refractivity contribution is 7.98. The molecule has 0 radical (unpaired) electrons. The first kappa shape index (κ1) is 23.1. The number of carbonyl (C=O) groups excluding carboxylic acids is 1. The summed E-state index contributed by atoms with van der Waals surface area (Å²) in [5.41, 5.74) is 2.61. The highest BCUT2D eigenvalue weighted by Crippen LogP contribution is 2.23. The van der Waals surface area contributed by atoms with Crippen LogP contribution in [-0.4, -0.2) is 56.8 Å². The van der Waals surface area contributed by atoms with E-state index in [1.807, 2.05) is 37.4 Å². The van der Waals surface area contributed by atoms with Crippen molar-refractivity contribution in [1.82, 2.24) is 15.3 Å². The Kier molecular flexibility index (Phi) is 9.90. The Hall–Kier alpha value is -2.16. The normalized spacial score (nSPS) is 10.8. The third-order valence-electron chi connectivity index (χ3n) is 4.16. The molecule has 1 aromatic heterocycles. The van der Waals surface area contributed by atoms with Gasteiger partial charge in [-0.25, -0.2) is 9.97 Å². The molecule has 2 rings (SSSR count). The van der Waals surface area contributed by atoms with Gasteiger partial charge in [-0.05, 0) is 24.1 Å². The van der Waals surface area contributed by atoms with Crippen LogP contribution in [0.25, 0.3) is 0 Å². The van der Waals surface area contributed by atoms with Crippen molar-refractivity contribution in [2.24, 2.45) is 0 Å². The molecule has 8 heteroatoms. The molecule has 0 bridgehead atoms. The summed E-state index contributed by atoms with van der Waals surface area (Å²) in [6.45, 7) is 4.53. The van der Waals surface area contributed by atoms with Crippen molar-refractivity contribution < 1.29 is 14.3 Å². The minimum absolute atomic E-state index is 0.0968. The monoisotopic (exact) mass is 418 g/mol. The molecule has 0 aliphatic carbocycles. The van der Waals surface area contributed by atoms with Crippen molar-refractivity contribution in [3.63, 3.8) is 0 Å². The Bertz CT molecular complexity index is 771. The van der Waals surface area contributed by atoms with Crippen LogP contribution < -0.4 is 10.2 Å². The van der Waals surface area contributed by atoms with Crippen molar-refractivity contribution in [3.05, 3.63) is 47.2 Å². The maximum absolute atomic E-state index is 12.1. The van der Waals surface area contributed by atoms with Crippen molar-refractivity contribution in [2.45, 2.75) is 30.9 Å². The molecule has 0 fully saturated rings. The van der Waals surface area contributed by atoms with Crippen LogP contribution in [-0.2, 0) is 21.8 Å². The molecule has 0 spiro atoms. The van der Waals surface area contributed by atoms with E-state index in [0.29, 0.717) is 25.3 Å². The first-order chi connectivity index (χ1) is 14.1. The standard InChI is InChI=1S/C21H30N4O3S/c1-5-11-25(2)19-13-18(14-28-4)23-21(24-19)29-15-16-6-8-17(9-7-16)20(26)22-10-12-27-3/h6-9,13H,5,10-12,14-15H2,1-4H3,(H,22,26). The number of ether oxygens (including phenoxy) is 2. The smallest absolute Gasteiger partial charge is 0.251 e. The molecule has 158 valence electrons. The first-order valence-electron chi connectivity index (χ1n) is 9.64. The minimum Gasteiger partial charge on any atom is -0.383 e. The molecule has 7 nitrogen and oxygen atoms in total. The average molecular weight is 419 g/mol. The number of anilines is 1. The van der Waals surface area contributed by atoms with E-state index < -0.39 is 0 Å². The molecule has 1 N–H and O–H groups in total. The molecule has 1 amide bonds. The molecule has 0 unspecified atom stereocenters. The van der Waals surface area contributed by atoms with Crippen LogP contribution in [0.3, 0.4) is 0 Å². The highest BCUT2D eigenvalue weighted by atomic mass is 32.2. The number of hydrogen-bond donors (Lipinski definition) is 1. The summed E-state index contributed by atoms with van der Waals surface area (Å²) in [7, 11) is 5.31. The van der Waals surface area contributed by atoms with Gasteiger partial charge in [0, 0.05) is 51.7 Å². The molecule has 1 aromatic carbocycles. The van der Waals surface area contributed by atoms with Crippen LogP contribution in [0.5, 0.6) is 0 Å². The summed E-state index contributed by atoms with van der Waals surface area (Å²) >= 11 is 1.57. The van der Waals surface area contributed by atoms with Gasteiger partial charge in [0.2, 0.25) is 0 Å². The van der Waals surface area contributed by atoms with E-state index in [1.165, 1.54) is 0 Å². The van der Waals surface area contributed by atoms with E-state index in [9.17, 15) is 4.79 Å². The Morgan fingerprint density at radius 3 is 2.59 bits per heavy atom. The van der Waals surface area contributed by atoms with E-state index in [-0.39, 0.29) is 5.91 Å². The second-order valence-electron chi connectivity index (χ2n) is 6.59. The van der Waals surface area contributed by atoms with Gasteiger partial charge in [0.1, 0.15) is 5.82 Å². The predicted octanol–water partition coefficient (Wildman–Crippen LogP) is 3.14. The second-order valence-corrected chi connectivity index (χ2v) is 7.53. The number of thioether (sulfide) groups is 1. The van der Waals surface area contributed by atoms with Crippen molar-refractivity contribution in [2.75, 3.05) is 45.9 Å². The molecule has 0 atom stereocenters. The molecule has 0 aliphatic heterocycles. The molecule has 1 heterocycles. The number of nitrogens with one attached hydrogen (secondary N) is 1. The van der Waals surface area contributed by atoms with Gasteiger partial charge < -0.3 is 19.7 Å². The van der Waals surface area contributed by atoms with Crippen LogP contribution in [0, 0.1) is 0 Å². The lowest BCUT2D eigenvalue weighted by atomic mass is 10.1. The van der Waals surface area contributed by atoms with Crippen LogP contribution in [0.2, 0.25) is 0 Å². The summed E-state index contributed by atoms with van der Waals surface area (Å²) in [5, 5.41) is 3.54. The number of methoxy groups -OCH3 is 2. The first-order valence-corrected chi connectivity index (χ1v) is 10.6. The van der Waals surface area contributed by atoms with Crippen LogP contribution in [0.15, 0.2) is 35.5 Å². The maximum Gasteiger partial charge on any atom is 0.251 e. The second kappa shape index (κ2) is 12.4. The van der Waals surface area contributed by atoms with Gasteiger partial charge in [0.05, 0.1) is 18.9 Å². The fourth-order valence-electron chi connectivity index (χ4n) is 2.66. The zero-order valence-corrected chi connectivity index (χ0v) is 18.4. The number of benzene rings is 1. The summed E-state index contributed by atoms with van der Waals surface area (Å²) < 4.78 is 10.2. The number of nitrogens with zero attached hydrogens (tertiary/aromatic N) is 3. The summed E-state index contributed by atoms with van der Waals surface area (Å²) in [6, 6.07) is 9.56. The number of carbonyl (C=O) groups is 1. The lowest BCUT2D eigenvalue weighted by molar-refractivity contribution is 0.0937. The van der Waals surface area contributed by atoms with E-state index in [1.54, 1.807) is 26.0 Å². The van der Waals surface area contributed by atoms with Crippen LogP contribution in [0.1, 0.15) is 35.0 Å². The van der Waals surface area contributed by atoms with Crippen LogP contribution >= 0.6 is 11.8 Å². The lowest BCUT2D eigenvalue weighted by Crippen LogP contribution is -2.26. The average Bonchev–Trinajstić information content (AvgIpc) is 2.73. The fourth-order valence-corrected chi connectivity index (χ4v) is 3.49. The number of aromatic nitrogens is 2. The van der Waals surface area contributed by atoms with Gasteiger partial charge in [-0.15, -0.1) is 0 Å². The van der Waals surface area contributed by atoms with E-state index >= 15 is 0 Å². The maximum atomic E-state index is 12.1. The topological polar surface area (TPSA) is 76.6 Å². The zero-order chi connectivity index (χ0) is 21.1. The van der Waals surface area contributed by atoms with E-state index in [0.717, 1.165) is 41.0 Å². The number of amides is 1. The predicted molar refractivity (Wildman–Crippen MR) is 117 cm³/mol. The molecule has 0 aliphatic rings. The van der Waals surface area contributed by atoms with Gasteiger partial charge >= 0.3 is 0 Å². The van der Waals surface area contributed by atoms with Gasteiger partial charge in [-0.1, -0.05) is 30.8 Å². The fraction of sp³-hybridized carbons (Fsp3) is 0.476. The van der Waals surface area contributed by atoms with Gasteiger partial charge in [0.25, 0.3) is 5.91 Å². The Balaban J connectivity index is 2.01. The molecule has 0 saturated heterocycles. The van der Waals surface area contributed by atoms with Crippen LogP contribution in [0.4, 0.5) is 5.82 Å². The van der Waals surface area contributed by atoms with Gasteiger partial charge in [-0.2, -0.15) is 0 Å². The Morgan fingerprint density at radius 2 is 1.93 bits per heavy atom. The summed E-state index contributed by atoms with van der Waals surface area (Å²) in [5.74, 6) is 1.53. The molecule has 0 saturated carbocycles. The largest absolute Gasteiger partial charge is 0.383 e. The summed E-state index contributed by atoms with van der Waals surface area (Å²) in [4.78, 5) is 23.5. The number of rotatable bonds is 12. The molecule has 2 aromatic rings.